The van der Waals surface area contributed by atoms with Crippen molar-refractivity contribution in [2.45, 2.75) is 19.3 Å². The average molecular weight is 344 g/mol. The van der Waals surface area contributed by atoms with Crippen LogP contribution in [0.3, 0.4) is 0 Å². The van der Waals surface area contributed by atoms with E-state index in [2.05, 4.69) is 13.5 Å². The fourth-order valence-corrected chi connectivity index (χ4v) is 6.65. The molecule has 1 N–H and O–H groups in total. The molecule has 1 aliphatic heterocycles. The van der Waals surface area contributed by atoms with E-state index in [0.717, 1.165) is 6.20 Å². The Bertz CT molecular complexity index is 344. The number of hydrogen-bond acceptors (Lipinski definition) is 3. The van der Waals surface area contributed by atoms with Gasteiger partial charge in [0, 0.05) is 0 Å². The van der Waals surface area contributed by atoms with Crippen LogP contribution in [0.2, 0.25) is 5.28 Å². The van der Waals surface area contributed by atoms with E-state index in [1.54, 1.807) is 0 Å². The van der Waals surface area contributed by atoms with Gasteiger partial charge in [0.15, 0.2) is 0 Å². The number of nitrogens with zero attached hydrogens (tertiary/aromatic N) is 2. The summed E-state index contributed by atoms with van der Waals surface area (Å²) in [6.45, 7) is 0. The Morgan fingerprint density at radius 3 is 2.80 bits per heavy atom. The number of halogens is 3. The van der Waals surface area contributed by atoms with Gasteiger partial charge in [0.2, 0.25) is 0 Å². The number of alkyl halides is 2. The molecule has 0 amide bonds. The normalized spacial score (nSPS) is 18.9. The van der Waals surface area contributed by atoms with Gasteiger partial charge in [-0.2, -0.15) is 0 Å². The first-order valence-corrected chi connectivity index (χ1v) is 9.33. The fraction of sp³-hybridized carbons (Fsp3) is 0.556. The standard InChI is InChI=1S/C9H12ClFIN3/c10-9-13-6-7(11)8(14-9)15-12-4-2-1-3-5-12/h6H,1-5H2,(H,13,14,15). The minimum atomic E-state index is -1.21. The summed E-state index contributed by atoms with van der Waals surface area (Å²) in [6.07, 6.45) is 4.96. The van der Waals surface area contributed by atoms with Gasteiger partial charge in [-0.15, -0.1) is 0 Å². The van der Waals surface area contributed by atoms with Gasteiger partial charge in [-0.05, 0) is 0 Å². The van der Waals surface area contributed by atoms with Gasteiger partial charge < -0.3 is 0 Å². The van der Waals surface area contributed by atoms with Crippen LogP contribution in [0, 0.1) is 5.82 Å². The second-order valence-electron chi connectivity index (χ2n) is 3.32. The second-order valence-corrected chi connectivity index (χ2v) is 8.96. The molecule has 1 fully saturated rings. The van der Waals surface area contributed by atoms with Gasteiger partial charge in [0.25, 0.3) is 0 Å². The topological polar surface area (TPSA) is 37.8 Å². The molecule has 6 heteroatoms. The monoisotopic (exact) mass is 343 g/mol. The van der Waals surface area contributed by atoms with Gasteiger partial charge in [0.1, 0.15) is 0 Å². The average Bonchev–Trinajstić information content (AvgIpc) is 2.25. The summed E-state index contributed by atoms with van der Waals surface area (Å²) >= 11 is 4.41. The van der Waals surface area contributed by atoms with Crippen molar-refractivity contribution in [1.82, 2.24) is 9.97 Å². The zero-order chi connectivity index (χ0) is 10.7. The number of aromatic nitrogens is 2. The molecule has 1 aromatic heterocycles. The number of anilines is 1. The zero-order valence-electron chi connectivity index (χ0n) is 8.14. The van der Waals surface area contributed by atoms with Crippen LogP contribution >= 0.6 is 31.7 Å². The molecule has 0 atom stereocenters. The van der Waals surface area contributed by atoms with Crippen molar-refractivity contribution in [3.05, 3.63) is 17.3 Å². The van der Waals surface area contributed by atoms with Gasteiger partial charge in [-0.1, -0.05) is 0 Å². The third kappa shape index (κ3) is 3.14. The van der Waals surface area contributed by atoms with Gasteiger partial charge >= 0.3 is 101 Å². The Morgan fingerprint density at radius 2 is 2.07 bits per heavy atom. The molecule has 84 valence electrons. The van der Waals surface area contributed by atoms with Crippen LogP contribution in [0.15, 0.2) is 6.20 Å². The van der Waals surface area contributed by atoms with Crippen molar-refractivity contribution in [3.8, 4) is 0 Å². The first kappa shape index (κ1) is 11.3. The van der Waals surface area contributed by atoms with Crippen molar-refractivity contribution >= 4 is 37.5 Å². The molecule has 2 heterocycles. The Labute approximate surface area is 101 Å². The molecular formula is C9H12ClFIN3. The van der Waals surface area contributed by atoms with Crippen molar-refractivity contribution in [1.29, 1.82) is 0 Å². The van der Waals surface area contributed by atoms with Crippen LogP contribution in [0.1, 0.15) is 19.3 Å². The van der Waals surface area contributed by atoms with E-state index in [-0.39, 0.29) is 5.28 Å². The first-order chi connectivity index (χ1) is 7.25. The third-order valence-corrected chi connectivity index (χ3v) is 7.75. The van der Waals surface area contributed by atoms with E-state index in [1.807, 2.05) is 0 Å². The molecule has 1 aromatic rings. The van der Waals surface area contributed by atoms with Gasteiger partial charge in [0.05, 0.1) is 0 Å². The summed E-state index contributed by atoms with van der Waals surface area (Å²) in [5.41, 5.74) is 0. The van der Waals surface area contributed by atoms with Crippen LogP contribution in [-0.4, -0.2) is 18.8 Å². The van der Waals surface area contributed by atoms with E-state index >= 15 is 0 Å². The summed E-state index contributed by atoms with van der Waals surface area (Å²) in [7, 11) is 0. The summed E-state index contributed by atoms with van der Waals surface area (Å²) in [4.78, 5) is 7.46. The van der Waals surface area contributed by atoms with E-state index in [4.69, 9.17) is 11.6 Å². The third-order valence-electron chi connectivity index (χ3n) is 2.16. The number of nitrogens with one attached hydrogen (secondary N) is 1. The minimum absolute atomic E-state index is 0.104. The Morgan fingerprint density at radius 1 is 1.33 bits per heavy atom. The fourth-order valence-electron chi connectivity index (χ4n) is 1.42. The van der Waals surface area contributed by atoms with Gasteiger partial charge in [-0.25, -0.2) is 0 Å². The van der Waals surface area contributed by atoms with E-state index < -0.39 is 25.9 Å². The van der Waals surface area contributed by atoms with Crippen molar-refractivity contribution in [3.63, 3.8) is 0 Å². The molecule has 1 saturated heterocycles. The molecule has 0 bridgehead atoms. The van der Waals surface area contributed by atoms with Crippen molar-refractivity contribution < 1.29 is 4.39 Å². The van der Waals surface area contributed by atoms with E-state index in [0.29, 0.717) is 5.82 Å². The summed E-state index contributed by atoms with van der Waals surface area (Å²) in [5.74, 6) is -0.107. The summed E-state index contributed by atoms with van der Waals surface area (Å²) in [5, 5.41) is 0.104. The van der Waals surface area contributed by atoms with Crippen LogP contribution in [0.4, 0.5) is 10.2 Å². The Balaban J connectivity index is 2.05. The molecule has 1 aliphatic rings. The van der Waals surface area contributed by atoms with Crippen LogP contribution in [-0.2, 0) is 0 Å². The maximum absolute atomic E-state index is 13.3. The molecule has 0 spiro atoms. The van der Waals surface area contributed by atoms with Gasteiger partial charge in [-0.3, -0.25) is 0 Å². The van der Waals surface area contributed by atoms with Crippen molar-refractivity contribution in [2.75, 3.05) is 12.4 Å². The predicted octanol–water partition coefficient (Wildman–Crippen LogP) is 3.29. The summed E-state index contributed by atoms with van der Waals surface area (Å²) < 4.78 is 19.0. The van der Waals surface area contributed by atoms with E-state index in [1.165, 1.54) is 28.1 Å². The molecule has 0 saturated carbocycles. The number of rotatable bonds is 2. The molecule has 0 unspecified atom stereocenters. The molecular weight excluding hydrogens is 331 g/mol. The number of hydrogen-bond donors (Lipinski definition) is 1. The Hall–Kier alpha value is -0.170. The molecule has 0 radical (unpaired) electrons. The van der Waals surface area contributed by atoms with E-state index in [9.17, 15) is 4.39 Å². The molecule has 2 rings (SSSR count). The summed E-state index contributed by atoms with van der Waals surface area (Å²) in [6, 6.07) is 0. The Kier molecular flexibility index (Phi) is 3.96. The molecule has 15 heavy (non-hydrogen) atoms. The molecule has 0 aliphatic carbocycles. The van der Waals surface area contributed by atoms with Crippen LogP contribution < -0.4 is 3.53 Å². The maximum atomic E-state index is 13.3. The predicted molar refractivity (Wildman–Crippen MR) is 68.2 cm³/mol. The first-order valence-electron chi connectivity index (χ1n) is 4.82. The second kappa shape index (κ2) is 5.25. The molecule has 0 aromatic carbocycles. The SMILES string of the molecule is Fc1cnc(Cl)nc1NI1CCCCC1. The van der Waals surface area contributed by atoms with Crippen molar-refractivity contribution in [2.24, 2.45) is 0 Å². The quantitative estimate of drug-likeness (QED) is 0.387. The van der Waals surface area contributed by atoms with Crippen LogP contribution in [0.25, 0.3) is 0 Å². The van der Waals surface area contributed by atoms with Crippen LogP contribution in [0.5, 0.6) is 0 Å². The zero-order valence-corrected chi connectivity index (χ0v) is 11.1. The molecule has 3 nitrogen and oxygen atoms in total.